The van der Waals surface area contributed by atoms with Gasteiger partial charge in [0, 0.05) is 15.4 Å². The molecular formula is C22H14BrNO2. The molecule has 0 saturated carbocycles. The maximum Gasteiger partial charge on any atom is 0.340 e. The van der Waals surface area contributed by atoms with Gasteiger partial charge >= 0.3 is 5.97 Å². The molecule has 2 heterocycles. The van der Waals surface area contributed by atoms with Gasteiger partial charge in [0.1, 0.15) is 0 Å². The molecule has 4 heteroatoms. The molecule has 26 heavy (non-hydrogen) atoms. The van der Waals surface area contributed by atoms with Gasteiger partial charge in [-0.1, -0.05) is 64.5 Å². The van der Waals surface area contributed by atoms with Crippen molar-refractivity contribution in [3.8, 4) is 11.3 Å². The van der Waals surface area contributed by atoms with E-state index in [4.69, 9.17) is 4.74 Å². The van der Waals surface area contributed by atoms with Crippen molar-refractivity contribution in [3.63, 3.8) is 0 Å². The van der Waals surface area contributed by atoms with E-state index < -0.39 is 6.23 Å². The zero-order chi connectivity index (χ0) is 17.7. The summed E-state index contributed by atoms with van der Waals surface area (Å²) in [4.78, 5) is 12.4. The van der Waals surface area contributed by atoms with Gasteiger partial charge in [-0.25, -0.2) is 4.79 Å². The van der Waals surface area contributed by atoms with Gasteiger partial charge in [-0.15, -0.1) is 0 Å². The number of para-hydroxylation sites is 1. The summed E-state index contributed by atoms with van der Waals surface area (Å²) < 4.78 is 8.93. The van der Waals surface area contributed by atoms with Crippen LogP contribution in [0.1, 0.15) is 22.1 Å². The quantitative estimate of drug-likeness (QED) is 0.396. The average molecular weight is 404 g/mol. The zero-order valence-electron chi connectivity index (χ0n) is 13.7. The average Bonchev–Trinajstić information content (AvgIpc) is 3.21. The predicted molar refractivity (Wildman–Crippen MR) is 105 cm³/mol. The van der Waals surface area contributed by atoms with Gasteiger partial charge in [0.25, 0.3) is 0 Å². The first-order valence-corrected chi connectivity index (χ1v) is 9.17. The van der Waals surface area contributed by atoms with Crippen LogP contribution >= 0.6 is 15.9 Å². The highest BCUT2D eigenvalue weighted by atomic mass is 79.9. The molecule has 1 aliphatic heterocycles. The summed E-state index contributed by atoms with van der Waals surface area (Å²) in [6, 6.07) is 26.1. The first kappa shape index (κ1) is 15.4. The van der Waals surface area contributed by atoms with Crippen LogP contribution in [-0.4, -0.2) is 10.5 Å². The normalized spacial score (nSPS) is 15.9. The van der Waals surface area contributed by atoms with E-state index in [1.54, 1.807) is 0 Å². The predicted octanol–water partition coefficient (Wildman–Crippen LogP) is 5.79. The van der Waals surface area contributed by atoms with Crippen LogP contribution in [0.3, 0.4) is 0 Å². The van der Waals surface area contributed by atoms with Crippen LogP contribution in [0.25, 0.3) is 22.2 Å². The minimum atomic E-state index is -0.461. The lowest BCUT2D eigenvalue weighted by molar-refractivity contribution is 0.0335. The number of esters is 1. The number of carbonyl (C=O) groups is 1. The van der Waals surface area contributed by atoms with Crippen LogP contribution in [0, 0.1) is 0 Å². The summed E-state index contributed by atoms with van der Waals surface area (Å²) in [5, 5.41) is 1.12. The highest BCUT2D eigenvalue weighted by Crippen LogP contribution is 2.39. The fourth-order valence-electron chi connectivity index (χ4n) is 3.59. The zero-order valence-corrected chi connectivity index (χ0v) is 15.3. The number of ether oxygens (including phenoxy) is 1. The molecule has 0 N–H and O–H groups in total. The maximum absolute atomic E-state index is 12.4. The third-order valence-electron chi connectivity index (χ3n) is 4.79. The molecule has 4 aromatic rings. The Hall–Kier alpha value is -2.85. The Kier molecular flexibility index (Phi) is 3.47. The molecule has 1 atom stereocenters. The molecule has 0 bridgehead atoms. The van der Waals surface area contributed by atoms with Gasteiger partial charge in [0.2, 0.25) is 6.23 Å². The van der Waals surface area contributed by atoms with Crippen LogP contribution in [0.5, 0.6) is 0 Å². The lowest BCUT2D eigenvalue weighted by atomic mass is 10.1. The van der Waals surface area contributed by atoms with Gasteiger partial charge in [-0.3, -0.25) is 0 Å². The molecule has 0 spiro atoms. The highest BCUT2D eigenvalue weighted by Gasteiger charge is 2.33. The van der Waals surface area contributed by atoms with Crippen molar-refractivity contribution in [3.05, 3.63) is 94.5 Å². The van der Waals surface area contributed by atoms with Gasteiger partial charge < -0.3 is 9.30 Å². The molecule has 0 saturated heterocycles. The first-order chi connectivity index (χ1) is 12.7. The number of carbonyl (C=O) groups excluding carboxylic acids is 1. The summed E-state index contributed by atoms with van der Waals surface area (Å²) in [6.07, 6.45) is -0.461. The van der Waals surface area contributed by atoms with E-state index in [1.165, 1.54) is 0 Å². The summed E-state index contributed by atoms with van der Waals surface area (Å²) in [5.41, 5.74) is 4.67. The first-order valence-electron chi connectivity index (χ1n) is 8.38. The lowest BCUT2D eigenvalue weighted by Crippen LogP contribution is -2.11. The van der Waals surface area contributed by atoms with Crippen LogP contribution in [-0.2, 0) is 4.74 Å². The molecule has 3 nitrogen and oxygen atoms in total. The Morgan fingerprint density at radius 2 is 1.62 bits per heavy atom. The van der Waals surface area contributed by atoms with Crippen LogP contribution < -0.4 is 0 Å². The summed E-state index contributed by atoms with van der Waals surface area (Å²) in [6.45, 7) is 0. The molecular weight excluding hydrogens is 390 g/mol. The van der Waals surface area contributed by atoms with Gasteiger partial charge in [-0.2, -0.15) is 0 Å². The van der Waals surface area contributed by atoms with Crippen molar-refractivity contribution in [2.24, 2.45) is 0 Å². The van der Waals surface area contributed by atoms with E-state index in [1.807, 2.05) is 48.5 Å². The molecule has 0 radical (unpaired) electrons. The Bertz CT molecular complexity index is 1140. The molecule has 1 aliphatic rings. The number of nitrogens with zero attached hydrogens (tertiary/aromatic N) is 1. The standard InChI is InChI=1S/C22H14BrNO2/c23-16-11-9-14(10-12-16)20-13-15-5-1-4-8-19(15)24(20)21-17-6-2-3-7-18(17)22(25)26-21/h1-13,21H. The molecule has 0 aliphatic carbocycles. The number of hydrogen-bond acceptors (Lipinski definition) is 2. The number of cyclic esters (lactones) is 1. The molecule has 0 amide bonds. The van der Waals surface area contributed by atoms with E-state index in [0.717, 1.165) is 32.2 Å². The van der Waals surface area contributed by atoms with Crippen molar-refractivity contribution in [1.29, 1.82) is 0 Å². The van der Waals surface area contributed by atoms with Crippen LogP contribution in [0.4, 0.5) is 0 Å². The Morgan fingerprint density at radius 3 is 2.46 bits per heavy atom. The second-order valence-corrected chi connectivity index (χ2v) is 7.23. The monoisotopic (exact) mass is 403 g/mol. The molecule has 126 valence electrons. The molecule has 0 fully saturated rings. The molecule has 3 aromatic carbocycles. The number of fused-ring (bicyclic) bond motifs is 2. The van der Waals surface area contributed by atoms with E-state index in [2.05, 4.69) is 50.8 Å². The number of hydrogen-bond donors (Lipinski definition) is 0. The molecule has 1 unspecified atom stereocenters. The summed E-state index contributed by atoms with van der Waals surface area (Å²) in [7, 11) is 0. The van der Waals surface area contributed by atoms with Crippen molar-refractivity contribution in [2.45, 2.75) is 6.23 Å². The van der Waals surface area contributed by atoms with Gasteiger partial charge in [-0.05, 0) is 35.9 Å². The Morgan fingerprint density at radius 1 is 0.885 bits per heavy atom. The highest BCUT2D eigenvalue weighted by molar-refractivity contribution is 9.10. The Balaban J connectivity index is 1.79. The smallest absolute Gasteiger partial charge is 0.340 e. The van der Waals surface area contributed by atoms with Crippen LogP contribution in [0.2, 0.25) is 0 Å². The Labute approximate surface area is 159 Å². The minimum absolute atomic E-state index is 0.273. The lowest BCUT2D eigenvalue weighted by Gasteiger charge is -2.18. The van der Waals surface area contributed by atoms with E-state index in [-0.39, 0.29) is 5.97 Å². The van der Waals surface area contributed by atoms with Crippen molar-refractivity contribution in [2.75, 3.05) is 0 Å². The summed E-state index contributed by atoms with van der Waals surface area (Å²) >= 11 is 3.49. The fourth-order valence-corrected chi connectivity index (χ4v) is 3.85. The van der Waals surface area contributed by atoms with E-state index >= 15 is 0 Å². The van der Waals surface area contributed by atoms with Crippen molar-refractivity contribution < 1.29 is 9.53 Å². The van der Waals surface area contributed by atoms with Gasteiger partial charge in [0.05, 0.1) is 16.8 Å². The number of rotatable bonds is 2. The second-order valence-electron chi connectivity index (χ2n) is 6.31. The molecule has 5 rings (SSSR count). The minimum Gasteiger partial charge on any atom is -0.433 e. The molecule has 1 aromatic heterocycles. The number of benzene rings is 3. The second kappa shape index (κ2) is 5.85. The topological polar surface area (TPSA) is 31.2 Å². The number of halogens is 1. The SMILES string of the molecule is O=C1OC(n2c(-c3ccc(Br)cc3)cc3ccccc32)c2ccccc21. The van der Waals surface area contributed by atoms with E-state index in [0.29, 0.717) is 5.56 Å². The summed E-state index contributed by atoms with van der Waals surface area (Å²) in [5.74, 6) is -0.273. The van der Waals surface area contributed by atoms with Crippen LogP contribution in [0.15, 0.2) is 83.3 Å². The van der Waals surface area contributed by atoms with Crippen molar-refractivity contribution >= 4 is 32.8 Å². The van der Waals surface area contributed by atoms with Crippen molar-refractivity contribution in [1.82, 2.24) is 4.57 Å². The van der Waals surface area contributed by atoms with Gasteiger partial charge in [0.15, 0.2) is 0 Å². The maximum atomic E-state index is 12.4. The third-order valence-corrected chi connectivity index (χ3v) is 5.32. The van der Waals surface area contributed by atoms with E-state index in [9.17, 15) is 4.79 Å². The largest absolute Gasteiger partial charge is 0.433 e. The number of aromatic nitrogens is 1. The third kappa shape index (κ3) is 2.30. The fraction of sp³-hybridized carbons (Fsp3) is 0.0455.